The topological polar surface area (TPSA) is 79.5 Å². The SMILES string of the molecule is O=C(Nc1ccccc1C(=O)O)c1ccc(-c2ccc(F)cc2)o1. The molecule has 0 bridgehead atoms. The van der Waals surface area contributed by atoms with Gasteiger partial charge in [-0.05, 0) is 48.5 Å². The zero-order valence-corrected chi connectivity index (χ0v) is 12.3. The van der Waals surface area contributed by atoms with Gasteiger partial charge < -0.3 is 14.8 Å². The third kappa shape index (κ3) is 3.17. The number of carboxylic acid groups (broad SMARTS) is 1. The van der Waals surface area contributed by atoms with E-state index in [-0.39, 0.29) is 22.8 Å². The fourth-order valence-corrected chi connectivity index (χ4v) is 2.19. The van der Waals surface area contributed by atoms with E-state index in [1.165, 1.54) is 42.5 Å². The molecular formula is C18H12FNO4. The fourth-order valence-electron chi connectivity index (χ4n) is 2.19. The number of benzene rings is 2. The van der Waals surface area contributed by atoms with Gasteiger partial charge in [0.15, 0.2) is 5.76 Å². The average molecular weight is 325 g/mol. The molecule has 0 saturated carbocycles. The Balaban J connectivity index is 1.82. The maximum absolute atomic E-state index is 12.9. The van der Waals surface area contributed by atoms with Gasteiger partial charge in [0.1, 0.15) is 11.6 Å². The Kier molecular flexibility index (Phi) is 4.11. The summed E-state index contributed by atoms with van der Waals surface area (Å²) in [6.07, 6.45) is 0. The summed E-state index contributed by atoms with van der Waals surface area (Å²) < 4.78 is 18.4. The molecule has 0 radical (unpaired) electrons. The standard InChI is InChI=1S/C18H12FNO4/c19-12-7-5-11(6-8-12)15-9-10-16(24-15)17(21)20-14-4-2-1-3-13(14)18(22)23/h1-10H,(H,20,21)(H,22,23). The lowest BCUT2D eigenvalue weighted by atomic mass is 10.2. The molecular weight excluding hydrogens is 313 g/mol. The van der Waals surface area contributed by atoms with E-state index in [2.05, 4.69) is 5.32 Å². The van der Waals surface area contributed by atoms with Gasteiger partial charge in [-0.25, -0.2) is 9.18 Å². The summed E-state index contributed by atoms with van der Waals surface area (Å²) in [6.45, 7) is 0. The number of carboxylic acids is 1. The minimum Gasteiger partial charge on any atom is -0.478 e. The van der Waals surface area contributed by atoms with Crippen LogP contribution in [-0.2, 0) is 0 Å². The Hall–Kier alpha value is -3.41. The maximum atomic E-state index is 12.9. The molecule has 0 fully saturated rings. The lowest BCUT2D eigenvalue weighted by Crippen LogP contribution is -2.14. The minimum atomic E-state index is -1.14. The Morgan fingerprint density at radius 3 is 2.38 bits per heavy atom. The van der Waals surface area contributed by atoms with Crippen LogP contribution in [0.1, 0.15) is 20.9 Å². The van der Waals surface area contributed by atoms with Crippen molar-refractivity contribution in [3.8, 4) is 11.3 Å². The van der Waals surface area contributed by atoms with Crippen LogP contribution in [0.3, 0.4) is 0 Å². The molecule has 0 aliphatic rings. The molecule has 2 aromatic carbocycles. The van der Waals surface area contributed by atoms with Crippen LogP contribution >= 0.6 is 0 Å². The molecule has 1 amide bonds. The van der Waals surface area contributed by atoms with Crippen molar-refractivity contribution in [2.75, 3.05) is 5.32 Å². The second kappa shape index (κ2) is 6.37. The molecule has 0 aliphatic heterocycles. The van der Waals surface area contributed by atoms with Gasteiger partial charge in [0.2, 0.25) is 0 Å². The normalized spacial score (nSPS) is 10.4. The number of furan rings is 1. The van der Waals surface area contributed by atoms with Crippen LogP contribution in [0.15, 0.2) is 65.1 Å². The van der Waals surface area contributed by atoms with Crippen LogP contribution < -0.4 is 5.32 Å². The lowest BCUT2D eigenvalue weighted by molar-refractivity contribution is 0.0698. The van der Waals surface area contributed by atoms with Crippen molar-refractivity contribution >= 4 is 17.6 Å². The molecule has 5 nitrogen and oxygen atoms in total. The van der Waals surface area contributed by atoms with Gasteiger partial charge in [0, 0.05) is 5.56 Å². The lowest BCUT2D eigenvalue weighted by Gasteiger charge is -2.06. The predicted molar refractivity (Wildman–Crippen MR) is 85.5 cm³/mol. The van der Waals surface area contributed by atoms with Crippen LogP contribution in [0.2, 0.25) is 0 Å². The summed E-state index contributed by atoms with van der Waals surface area (Å²) in [5.74, 6) is -1.65. The zero-order chi connectivity index (χ0) is 17.1. The number of carbonyl (C=O) groups excluding carboxylic acids is 1. The summed E-state index contributed by atoms with van der Waals surface area (Å²) in [5.41, 5.74) is 0.785. The Bertz CT molecular complexity index is 899. The third-order valence-corrected chi connectivity index (χ3v) is 3.36. The second-order valence-electron chi connectivity index (χ2n) is 4.98. The van der Waals surface area contributed by atoms with E-state index in [4.69, 9.17) is 9.52 Å². The van der Waals surface area contributed by atoms with Crippen molar-refractivity contribution < 1.29 is 23.5 Å². The summed E-state index contributed by atoms with van der Waals surface area (Å²) in [4.78, 5) is 23.4. The van der Waals surface area contributed by atoms with Crippen molar-refractivity contribution in [1.82, 2.24) is 0 Å². The third-order valence-electron chi connectivity index (χ3n) is 3.36. The van der Waals surface area contributed by atoms with Gasteiger partial charge in [-0.3, -0.25) is 4.79 Å². The Labute approximate surface area is 136 Å². The van der Waals surface area contributed by atoms with E-state index in [1.54, 1.807) is 18.2 Å². The van der Waals surface area contributed by atoms with Crippen molar-refractivity contribution in [3.63, 3.8) is 0 Å². The number of anilines is 1. The van der Waals surface area contributed by atoms with Gasteiger partial charge in [0.05, 0.1) is 11.3 Å². The van der Waals surface area contributed by atoms with Crippen LogP contribution in [-0.4, -0.2) is 17.0 Å². The summed E-state index contributed by atoms with van der Waals surface area (Å²) >= 11 is 0. The number of halogens is 1. The first kappa shape index (κ1) is 15.5. The molecule has 0 aliphatic carbocycles. The smallest absolute Gasteiger partial charge is 0.337 e. The first-order valence-electron chi connectivity index (χ1n) is 7.04. The summed E-state index contributed by atoms with van der Waals surface area (Å²) in [6, 6.07) is 14.8. The van der Waals surface area contributed by atoms with Gasteiger partial charge in [-0.1, -0.05) is 12.1 Å². The van der Waals surface area contributed by atoms with Crippen LogP contribution in [0, 0.1) is 5.82 Å². The molecule has 0 atom stereocenters. The number of rotatable bonds is 4. The highest BCUT2D eigenvalue weighted by Crippen LogP contribution is 2.23. The van der Waals surface area contributed by atoms with Crippen molar-refractivity contribution in [3.05, 3.63) is 77.8 Å². The first-order valence-corrected chi connectivity index (χ1v) is 7.04. The van der Waals surface area contributed by atoms with E-state index < -0.39 is 11.9 Å². The molecule has 0 saturated heterocycles. The fraction of sp³-hybridized carbons (Fsp3) is 0. The predicted octanol–water partition coefficient (Wildman–Crippen LogP) is 4.04. The molecule has 6 heteroatoms. The summed E-state index contributed by atoms with van der Waals surface area (Å²) in [5, 5.41) is 11.6. The summed E-state index contributed by atoms with van der Waals surface area (Å²) in [7, 11) is 0. The molecule has 24 heavy (non-hydrogen) atoms. The van der Waals surface area contributed by atoms with Crippen LogP contribution in [0.25, 0.3) is 11.3 Å². The largest absolute Gasteiger partial charge is 0.478 e. The van der Waals surface area contributed by atoms with Gasteiger partial charge in [0.25, 0.3) is 5.91 Å². The van der Waals surface area contributed by atoms with Crippen molar-refractivity contribution in [1.29, 1.82) is 0 Å². The van der Waals surface area contributed by atoms with E-state index in [1.807, 2.05) is 0 Å². The molecule has 3 aromatic rings. The Morgan fingerprint density at radius 1 is 0.958 bits per heavy atom. The minimum absolute atomic E-state index is 0.0174. The maximum Gasteiger partial charge on any atom is 0.337 e. The van der Waals surface area contributed by atoms with Gasteiger partial charge in [-0.15, -0.1) is 0 Å². The number of hydrogen-bond acceptors (Lipinski definition) is 3. The molecule has 2 N–H and O–H groups in total. The highest BCUT2D eigenvalue weighted by molar-refractivity contribution is 6.06. The van der Waals surface area contributed by atoms with E-state index in [9.17, 15) is 14.0 Å². The van der Waals surface area contributed by atoms with Crippen molar-refractivity contribution in [2.45, 2.75) is 0 Å². The second-order valence-corrected chi connectivity index (χ2v) is 4.98. The molecule has 1 aromatic heterocycles. The molecule has 0 unspecified atom stereocenters. The van der Waals surface area contributed by atoms with Crippen LogP contribution in [0.5, 0.6) is 0 Å². The number of aromatic carboxylic acids is 1. The van der Waals surface area contributed by atoms with E-state index in [0.29, 0.717) is 11.3 Å². The first-order chi connectivity index (χ1) is 11.5. The van der Waals surface area contributed by atoms with E-state index in [0.717, 1.165) is 0 Å². The highest BCUT2D eigenvalue weighted by atomic mass is 19.1. The molecule has 120 valence electrons. The quantitative estimate of drug-likeness (QED) is 0.759. The van der Waals surface area contributed by atoms with E-state index >= 15 is 0 Å². The monoisotopic (exact) mass is 325 g/mol. The number of hydrogen-bond donors (Lipinski definition) is 2. The molecule has 3 rings (SSSR count). The Morgan fingerprint density at radius 2 is 1.67 bits per heavy atom. The van der Waals surface area contributed by atoms with Gasteiger partial charge >= 0.3 is 5.97 Å². The number of nitrogens with one attached hydrogen (secondary N) is 1. The molecule has 1 heterocycles. The number of para-hydroxylation sites is 1. The molecule has 0 spiro atoms. The average Bonchev–Trinajstić information content (AvgIpc) is 3.06. The van der Waals surface area contributed by atoms with Crippen molar-refractivity contribution in [2.24, 2.45) is 0 Å². The number of amides is 1. The zero-order valence-electron chi connectivity index (χ0n) is 12.3. The van der Waals surface area contributed by atoms with Crippen LogP contribution in [0.4, 0.5) is 10.1 Å². The number of carbonyl (C=O) groups is 2. The van der Waals surface area contributed by atoms with Gasteiger partial charge in [-0.2, -0.15) is 0 Å². The highest BCUT2D eigenvalue weighted by Gasteiger charge is 2.16.